The third-order valence-corrected chi connectivity index (χ3v) is 4.21. The summed E-state index contributed by atoms with van der Waals surface area (Å²) < 4.78 is 10.6. The van der Waals surface area contributed by atoms with E-state index in [0.29, 0.717) is 28.4 Å². The number of carboxylic acids is 1. The highest BCUT2D eigenvalue weighted by Gasteiger charge is 2.10. The van der Waals surface area contributed by atoms with Gasteiger partial charge in [-0.25, -0.2) is 4.79 Å². The fourth-order valence-corrected chi connectivity index (χ4v) is 2.67. The Hall–Kier alpha value is -4.33. The third-order valence-electron chi connectivity index (χ3n) is 4.21. The standard InChI is InChI=1S/C23H20N2O6/c1-30-19-6-3-7-20(13-19)31-14-21(26)24-18-5-2-4-16(12-18)22(27)25-17-10-8-15(9-11-17)23(28)29/h2-13H,14H2,1H3,(H,24,26)(H,25,27)(H,28,29). The van der Waals surface area contributed by atoms with Crippen LogP contribution in [0, 0.1) is 0 Å². The van der Waals surface area contributed by atoms with E-state index < -0.39 is 11.9 Å². The molecular formula is C23H20N2O6. The number of hydrogen-bond acceptors (Lipinski definition) is 5. The molecule has 0 saturated heterocycles. The lowest BCUT2D eigenvalue weighted by Gasteiger charge is -2.10. The van der Waals surface area contributed by atoms with Gasteiger partial charge in [0.2, 0.25) is 0 Å². The van der Waals surface area contributed by atoms with Crippen molar-refractivity contribution in [3.63, 3.8) is 0 Å². The minimum absolute atomic E-state index is 0.124. The zero-order valence-corrected chi connectivity index (χ0v) is 16.6. The molecule has 0 heterocycles. The number of carbonyl (C=O) groups excluding carboxylic acids is 2. The highest BCUT2D eigenvalue weighted by Crippen LogP contribution is 2.19. The van der Waals surface area contributed by atoms with Crippen LogP contribution in [0.2, 0.25) is 0 Å². The van der Waals surface area contributed by atoms with Crippen LogP contribution in [0.25, 0.3) is 0 Å². The number of carboxylic acid groups (broad SMARTS) is 1. The van der Waals surface area contributed by atoms with Crippen molar-refractivity contribution in [3.05, 3.63) is 83.9 Å². The topological polar surface area (TPSA) is 114 Å². The molecule has 0 saturated carbocycles. The molecule has 3 N–H and O–H groups in total. The van der Waals surface area contributed by atoms with Gasteiger partial charge in [-0.15, -0.1) is 0 Å². The van der Waals surface area contributed by atoms with Gasteiger partial charge in [0.05, 0.1) is 12.7 Å². The largest absolute Gasteiger partial charge is 0.497 e. The molecule has 2 amide bonds. The van der Waals surface area contributed by atoms with Gasteiger partial charge in [0.1, 0.15) is 11.5 Å². The smallest absolute Gasteiger partial charge is 0.335 e. The van der Waals surface area contributed by atoms with Crippen LogP contribution in [0.3, 0.4) is 0 Å². The number of ether oxygens (including phenoxy) is 2. The second-order valence-electron chi connectivity index (χ2n) is 6.43. The van der Waals surface area contributed by atoms with E-state index in [1.807, 2.05) is 0 Å². The van der Waals surface area contributed by atoms with Crippen LogP contribution >= 0.6 is 0 Å². The van der Waals surface area contributed by atoms with Crippen molar-refractivity contribution in [2.45, 2.75) is 0 Å². The predicted octanol–water partition coefficient (Wildman–Crippen LogP) is 3.66. The summed E-state index contributed by atoms with van der Waals surface area (Å²) in [5.41, 5.74) is 1.34. The van der Waals surface area contributed by atoms with Crippen molar-refractivity contribution >= 4 is 29.2 Å². The molecule has 0 spiro atoms. The van der Waals surface area contributed by atoms with E-state index in [4.69, 9.17) is 14.6 Å². The van der Waals surface area contributed by atoms with Crippen LogP contribution < -0.4 is 20.1 Å². The van der Waals surface area contributed by atoms with Crippen molar-refractivity contribution in [3.8, 4) is 11.5 Å². The van der Waals surface area contributed by atoms with Crippen molar-refractivity contribution in [2.75, 3.05) is 24.4 Å². The minimum Gasteiger partial charge on any atom is -0.497 e. The molecule has 3 rings (SSSR count). The van der Waals surface area contributed by atoms with E-state index in [9.17, 15) is 14.4 Å². The van der Waals surface area contributed by atoms with Gasteiger partial charge in [0, 0.05) is 23.0 Å². The number of nitrogens with one attached hydrogen (secondary N) is 2. The summed E-state index contributed by atoms with van der Waals surface area (Å²) in [6, 6.07) is 19.1. The molecule has 0 aromatic heterocycles. The van der Waals surface area contributed by atoms with E-state index >= 15 is 0 Å². The number of rotatable bonds is 8. The van der Waals surface area contributed by atoms with Crippen LogP contribution in [0.15, 0.2) is 72.8 Å². The monoisotopic (exact) mass is 420 g/mol. The number of aromatic carboxylic acids is 1. The summed E-state index contributed by atoms with van der Waals surface area (Å²) in [5.74, 6) is -0.709. The van der Waals surface area contributed by atoms with Gasteiger partial charge in [0.25, 0.3) is 11.8 Å². The quantitative estimate of drug-likeness (QED) is 0.512. The molecule has 0 fully saturated rings. The molecule has 0 aliphatic heterocycles. The van der Waals surface area contributed by atoms with E-state index in [1.54, 1.807) is 49.6 Å². The van der Waals surface area contributed by atoms with Crippen LogP contribution in [-0.2, 0) is 4.79 Å². The van der Waals surface area contributed by atoms with Crippen molar-refractivity contribution < 1.29 is 29.0 Å². The van der Waals surface area contributed by atoms with Gasteiger partial charge in [-0.1, -0.05) is 12.1 Å². The average molecular weight is 420 g/mol. The predicted molar refractivity (Wildman–Crippen MR) is 115 cm³/mol. The molecular weight excluding hydrogens is 400 g/mol. The lowest BCUT2D eigenvalue weighted by Crippen LogP contribution is -2.20. The number of benzene rings is 3. The molecule has 3 aromatic carbocycles. The molecule has 0 unspecified atom stereocenters. The SMILES string of the molecule is COc1cccc(OCC(=O)Nc2cccc(C(=O)Nc3ccc(C(=O)O)cc3)c2)c1. The number of methoxy groups -OCH3 is 1. The highest BCUT2D eigenvalue weighted by molar-refractivity contribution is 6.05. The third kappa shape index (κ3) is 6.07. The Morgan fingerprint density at radius 2 is 1.52 bits per heavy atom. The van der Waals surface area contributed by atoms with Crippen LogP contribution in [0.1, 0.15) is 20.7 Å². The normalized spacial score (nSPS) is 10.1. The summed E-state index contributed by atoms with van der Waals surface area (Å²) in [4.78, 5) is 35.5. The van der Waals surface area contributed by atoms with Gasteiger partial charge in [-0.05, 0) is 54.6 Å². The summed E-state index contributed by atoms with van der Waals surface area (Å²) in [5, 5.41) is 14.3. The Morgan fingerprint density at radius 1 is 0.806 bits per heavy atom. The zero-order valence-electron chi connectivity index (χ0n) is 16.6. The van der Waals surface area contributed by atoms with Crippen molar-refractivity contribution in [1.29, 1.82) is 0 Å². The summed E-state index contributed by atoms with van der Waals surface area (Å²) in [6.07, 6.45) is 0. The van der Waals surface area contributed by atoms with E-state index in [1.165, 1.54) is 30.3 Å². The zero-order chi connectivity index (χ0) is 22.2. The molecule has 0 bridgehead atoms. The number of anilines is 2. The van der Waals surface area contributed by atoms with E-state index in [0.717, 1.165) is 0 Å². The van der Waals surface area contributed by atoms with Crippen LogP contribution in [-0.4, -0.2) is 36.6 Å². The fraction of sp³-hybridized carbons (Fsp3) is 0.0870. The van der Waals surface area contributed by atoms with Gasteiger partial charge in [-0.3, -0.25) is 9.59 Å². The maximum absolute atomic E-state index is 12.5. The lowest BCUT2D eigenvalue weighted by atomic mass is 10.1. The Balaban J connectivity index is 1.58. The Labute approximate surface area is 178 Å². The number of carbonyl (C=O) groups is 3. The summed E-state index contributed by atoms with van der Waals surface area (Å²) in [7, 11) is 1.54. The number of hydrogen-bond donors (Lipinski definition) is 3. The maximum atomic E-state index is 12.5. The minimum atomic E-state index is -1.04. The first-order valence-corrected chi connectivity index (χ1v) is 9.26. The van der Waals surface area contributed by atoms with E-state index in [-0.39, 0.29) is 18.1 Å². The average Bonchev–Trinajstić information content (AvgIpc) is 2.78. The molecule has 0 radical (unpaired) electrons. The first kappa shape index (κ1) is 21.4. The first-order valence-electron chi connectivity index (χ1n) is 9.26. The molecule has 31 heavy (non-hydrogen) atoms. The van der Waals surface area contributed by atoms with Crippen molar-refractivity contribution in [2.24, 2.45) is 0 Å². The molecule has 8 nitrogen and oxygen atoms in total. The second kappa shape index (κ2) is 9.93. The Bertz CT molecular complexity index is 1100. The fourth-order valence-electron chi connectivity index (χ4n) is 2.67. The van der Waals surface area contributed by atoms with Gasteiger partial charge >= 0.3 is 5.97 Å². The molecule has 8 heteroatoms. The van der Waals surface area contributed by atoms with Crippen LogP contribution in [0.5, 0.6) is 11.5 Å². The first-order chi connectivity index (χ1) is 14.9. The highest BCUT2D eigenvalue weighted by atomic mass is 16.5. The molecule has 0 aliphatic rings. The molecule has 0 atom stereocenters. The summed E-state index contributed by atoms with van der Waals surface area (Å²) in [6.45, 7) is -0.209. The summed E-state index contributed by atoms with van der Waals surface area (Å²) >= 11 is 0. The second-order valence-corrected chi connectivity index (χ2v) is 6.43. The van der Waals surface area contributed by atoms with Crippen LogP contribution in [0.4, 0.5) is 11.4 Å². The maximum Gasteiger partial charge on any atom is 0.335 e. The van der Waals surface area contributed by atoms with E-state index in [2.05, 4.69) is 10.6 Å². The van der Waals surface area contributed by atoms with Gasteiger partial charge in [-0.2, -0.15) is 0 Å². The molecule has 3 aromatic rings. The van der Waals surface area contributed by atoms with Gasteiger partial charge in [0.15, 0.2) is 6.61 Å². The Morgan fingerprint density at radius 3 is 2.23 bits per heavy atom. The number of amides is 2. The van der Waals surface area contributed by atoms with Gasteiger partial charge < -0.3 is 25.2 Å². The molecule has 158 valence electrons. The van der Waals surface area contributed by atoms with Crippen molar-refractivity contribution in [1.82, 2.24) is 0 Å². The lowest BCUT2D eigenvalue weighted by molar-refractivity contribution is -0.118. The Kier molecular flexibility index (Phi) is 6.85. The molecule has 0 aliphatic carbocycles.